The fraction of sp³-hybridized carbons (Fsp3) is 0.867. The van der Waals surface area contributed by atoms with Gasteiger partial charge in [-0.1, -0.05) is 47.1 Å². The van der Waals surface area contributed by atoms with Gasteiger partial charge in [0.2, 0.25) is 0 Å². The second kappa shape index (κ2) is 9.74. The first-order valence-corrected chi connectivity index (χ1v) is 6.94. The number of rotatable bonds is 10. The lowest BCUT2D eigenvalue weighted by atomic mass is 10.0. The van der Waals surface area contributed by atoms with Crippen LogP contribution < -0.4 is 5.32 Å². The van der Waals surface area contributed by atoms with Gasteiger partial charge < -0.3 is 5.32 Å². The van der Waals surface area contributed by atoms with Crippen LogP contribution in [0, 0.1) is 11.8 Å². The normalized spacial score (nSPS) is 11.1. The highest BCUT2D eigenvalue weighted by atomic mass is 14.9. The SMILES string of the molecule is C=C(CCCCC(C)C)NCCCC(C)C. The molecule has 0 aromatic heterocycles. The van der Waals surface area contributed by atoms with Gasteiger partial charge in [0.25, 0.3) is 0 Å². The van der Waals surface area contributed by atoms with Crippen LogP contribution in [0.5, 0.6) is 0 Å². The standard InChI is InChI=1S/C15H31N/c1-13(2)9-6-7-11-15(5)16-12-8-10-14(3)4/h13-14,16H,5-12H2,1-4H3. The van der Waals surface area contributed by atoms with Crippen molar-refractivity contribution in [3.05, 3.63) is 12.3 Å². The maximum Gasteiger partial charge on any atom is 0.0143 e. The van der Waals surface area contributed by atoms with Crippen molar-refractivity contribution in [3.8, 4) is 0 Å². The van der Waals surface area contributed by atoms with Crippen molar-refractivity contribution in [2.45, 2.75) is 66.2 Å². The van der Waals surface area contributed by atoms with E-state index in [0.29, 0.717) is 0 Å². The average Bonchev–Trinajstić information content (AvgIpc) is 2.19. The van der Waals surface area contributed by atoms with Gasteiger partial charge >= 0.3 is 0 Å². The van der Waals surface area contributed by atoms with Crippen molar-refractivity contribution in [3.63, 3.8) is 0 Å². The van der Waals surface area contributed by atoms with Gasteiger partial charge in [0.05, 0.1) is 0 Å². The molecule has 1 heteroatoms. The van der Waals surface area contributed by atoms with Crippen molar-refractivity contribution in [2.75, 3.05) is 6.54 Å². The van der Waals surface area contributed by atoms with E-state index in [2.05, 4.69) is 39.6 Å². The Morgan fingerprint density at radius 3 is 2.06 bits per heavy atom. The van der Waals surface area contributed by atoms with Crippen LogP contribution in [0.25, 0.3) is 0 Å². The zero-order chi connectivity index (χ0) is 12.4. The van der Waals surface area contributed by atoms with Gasteiger partial charge in [0.1, 0.15) is 0 Å². The fourth-order valence-corrected chi connectivity index (χ4v) is 1.75. The monoisotopic (exact) mass is 225 g/mol. The summed E-state index contributed by atoms with van der Waals surface area (Å²) in [6.07, 6.45) is 7.70. The molecule has 96 valence electrons. The lowest BCUT2D eigenvalue weighted by molar-refractivity contribution is 0.522. The van der Waals surface area contributed by atoms with Crippen LogP contribution in [-0.2, 0) is 0 Å². The smallest absolute Gasteiger partial charge is 0.0143 e. The van der Waals surface area contributed by atoms with Crippen LogP contribution in [0.1, 0.15) is 66.2 Å². The van der Waals surface area contributed by atoms with Gasteiger partial charge in [-0.15, -0.1) is 0 Å². The summed E-state index contributed by atoms with van der Waals surface area (Å²) in [6, 6.07) is 0. The maximum atomic E-state index is 4.08. The molecule has 0 saturated heterocycles. The maximum absolute atomic E-state index is 4.08. The highest BCUT2D eigenvalue weighted by molar-refractivity contribution is 4.90. The molecule has 0 bridgehead atoms. The van der Waals surface area contributed by atoms with E-state index in [1.165, 1.54) is 37.8 Å². The van der Waals surface area contributed by atoms with E-state index in [-0.39, 0.29) is 0 Å². The average molecular weight is 225 g/mol. The summed E-state index contributed by atoms with van der Waals surface area (Å²) in [7, 11) is 0. The lowest BCUT2D eigenvalue weighted by Crippen LogP contribution is -2.14. The predicted molar refractivity (Wildman–Crippen MR) is 74.5 cm³/mol. The third kappa shape index (κ3) is 11.6. The molecule has 0 aliphatic heterocycles. The van der Waals surface area contributed by atoms with E-state index in [0.717, 1.165) is 24.8 Å². The third-order valence-corrected chi connectivity index (χ3v) is 2.84. The zero-order valence-electron chi connectivity index (χ0n) is 11.8. The van der Waals surface area contributed by atoms with Gasteiger partial charge in [-0.25, -0.2) is 0 Å². The minimum Gasteiger partial charge on any atom is -0.389 e. The molecule has 0 aromatic carbocycles. The molecule has 0 fully saturated rings. The third-order valence-electron chi connectivity index (χ3n) is 2.84. The first kappa shape index (κ1) is 15.5. The van der Waals surface area contributed by atoms with E-state index in [9.17, 15) is 0 Å². The zero-order valence-corrected chi connectivity index (χ0v) is 11.8. The topological polar surface area (TPSA) is 12.0 Å². The van der Waals surface area contributed by atoms with Crippen LogP contribution >= 0.6 is 0 Å². The van der Waals surface area contributed by atoms with Gasteiger partial charge in [-0.3, -0.25) is 0 Å². The summed E-state index contributed by atoms with van der Waals surface area (Å²) >= 11 is 0. The number of unbranched alkanes of at least 4 members (excludes halogenated alkanes) is 1. The van der Waals surface area contributed by atoms with Crippen molar-refractivity contribution in [2.24, 2.45) is 11.8 Å². The molecule has 0 amide bonds. The number of hydrogen-bond acceptors (Lipinski definition) is 1. The van der Waals surface area contributed by atoms with Gasteiger partial charge in [-0.2, -0.15) is 0 Å². The summed E-state index contributed by atoms with van der Waals surface area (Å²) < 4.78 is 0. The second-order valence-electron chi connectivity index (χ2n) is 5.71. The van der Waals surface area contributed by atoms with Crippen LogP contribution in [0.3, 0.4) is 0 Å². The molecule has 1 N–H and O–H groups in total. The minimum absolute atomic E-state index is 0.820. The largest absolute Gasteiger partial charge is 0.389 e. The van der Waals surface area contributed by atoms with Gasteiger partial charge in [0.15, 0.2) is 0 Å². The number of allylic oxidation sites excluding steroid dienone is 1. The molecule has 0 unspecified atom stereocenters. The molecule has 0 spiro atoms. The molecule has 0 aliphatic carbocycles. The fourth-order valence-electron chi connectivity index (χ4n) is 1.75. The second-order valence-corrected chi connectivity index (χ2v) is 5.71. The Morgan fingerprint density at radius 2 is 1.50 bits per heavy atom. The molecule has 1 nitrogen and oxygen atoms in total. The Labute approximate surface area is 103 Å². The van der Waals surface area contributed by atoms with Crippen LogP contribution in [0.2, 0.25) is 0 Å². The summed E-state index contributed by atoms with van der Waals surface area (Å²) in [5.74, 6) is 1.66. The molecule has 0 aromatic rings. The summed E-state index contributed by atoms with van der Waals surface area (Å²) in [5, 5.41) is 3.43. The molecular weight excluding hydrogens is 194 g/mol. The van der Waals surface area contributed by atoms with Gasteiger partial charge in [-0.05, 0) is 37.5 Å². The molecule has 0 heterocycles. The molecule has 0 rings (SSSR count). The molecule has 0 aliphatic rings. The molecule has 16 heavy (non-hydrogen) atoms. The molecule has 0 radical (unpaired) electrons. The Kier molecular flexibility index (Phi) is 9.46. The van der Waals surface area contributed by atoms with Crippen LogP contribution in [-0.4, -0.2) is 6.54 Å². The van der Waals surface area contributed by atoms with Crippen LogP contribution in [0.4, 0.5) is 0 Å². The van der Waals surface area contributed by atoms with Crippen LogP contribution in [0.15, 0.2) is 12.3 Å². The highest BCUT2D eigenvalue weighted by Crippen LogP contribution is 2.10. The number of nitrogens with one attached hydrogen (secondary N) is 1. The van der Waals surface area contributed by atoms with Gasteiger partial charge in [0, 0.05) is 12.2 Å². The molecule has 0 atom stereocenters. The highest BCUT2D eigenvalue weighted by Gasteiger charge is 1.97. The Morgan fingerprint density at radius 1 is 0.938 bits per heavy atom. The Bertz CT molecular complexity index is 152. The first-order valence-electron chi connectivity index (χ1n) is 6.94. The van der Waals surface area contributed by atoms with E-state index in [4.69, 9.17) is 0 Å². The van der Waals surface area contributed by atoms with E-state index in [1.807, 2.05) is 0 Å². The Hall–Kier alpha value is -0.460. The summed E-state index contributed by atoms with van der Waals surface area (Å²) in [6.45, 7) is 14.3. The molecule has 0 saturated carbocycles. The summed E-state index contributed by atoms with van der Waals surface area (Å²) in [4.78, 5) is 0. The van der Waals surface area contributed by atoms with E-state index < -0.39 is 0 Å². The van der Waals surface area contributed by atoms with Crippen molar-refractivity contribution < 1.29 is 0 Å². The first-order chi connectivity index (χ1) is 7.52. The Balaban J connectivity index is 3.25. The lowest BCUT2D eigenvalue weighted by Gasteiger charge is -2.11. The summed E-state index contributed by atoms with van der Waals surface area (Å²) in [5.41, 5.74) is 1.23. The predicted octanol–water partition coefficient (Wildman–Crippen LogP) is 4.74. The van der Waals surface area contributed by atoms with Crippen molar-refractivity contribution >= 4 is 0 Å². The van der Waals surface area contributed by atoms with Crippen molar-refractivity contribution in [1.82, 2.24) is 5.32 Å². The van der Waals surface area contributed by atoms with Crippen molar-refractivity contribution in [1.29, 1.82) is 0 Å². The number of hydrogen-bond donors (Lipinski definition) is 1. The van der Waals surface area contributed by atoms with E-state index >= 15 is 0 Å². The molecular formula is C15H31N. The quantitative estimate of drug-likeness (QED) is 0.529. The van der Waals surface area contributed by atoms with E-state index in [1.54, 1.807) is 0 Å². The minimum atomic E-state index is 0.820.